The van der Waals surface area contributed by atoms with Gasteiger partial charge in [0.15, 0.2) is 0 Å². The summed E-state index contributed by atoms with van der Waals surface area (Å²) in [6.07, 6.45) is 4.02. The van der Waals surface area contributed by atoms with Crippen LogP contribution in [0.4, 0.5) is 20.6 Å². The Hall–Kier alpha value is -4.04. The van der Waals surface area contributed by atoms with Crippen LogP contribution >= 0.6 is 11.6 Å². The van der Waals surface area contributed by atoms with Gasteiger partial charge in [0.05, 0.1) is 16.3 Å². The van der Waals surface area contributed by atoms with Crippen LogP contribution in [-0.2, 0) is 6.42 Å². The van der Waals surface area contributed by atoms with Crippen molar-refractivity contribution in [3.05, 3.63) is 89.2 Å². The molecule has 2 amide bonds. The molecule has 0 aliphatic rings. The zero-order valence-electron chi connectivity index (χ0n) is 18.5. The van der Waals surface area contributed by atoms with Crippen LogP contribution in [0.5, 0.6) is 11.6 Å². The normalized spacial score (nSPS) is 10.6. The highest BCUT2D eigenvalue weighted by Crippen LogP contribution is 2.35. The number of rotatable bonds is 6. The molecule has 0 atom stereocenters. The van der Waals surface area contributed by atoms with Crippen LogP contribution in [0, 0.1) is 12.7 Å². The van der Waals surface area contributed by atoms with E-state index in [1.807, 2.05) is 13.0 Å². The number of nitrogens with one attached hydrogen (secondary N) is 2. The van der Waals surface area contributed by atoms with Crippen LogP contribution in [0.25, 0.3) is 11.3 Å². The summed E-state index contributed by atoms with van der Waals surface area (Å²) >= 11 is 6.41. The van der Waals surface area contributed by atoms with Crippen molar-refractivity contribution in [2.24, 2.45) is 0 Å². The number of carbonyl (C=O) groups is 1. The lowest BCUT2D eigenvalue weighted by Crippen LogP contribution is -2.19. The molecule has 0 aliphatic carbocycles. The molecule has 0 unspecified atom stereocenters. The molecule has 34 heavy (non-hydrogen) atoms. The smallest absolute Gasteiger partial charge is 0.323 e. The summed E-state index contributed by atoms with van der Waals surface area (Å²) < 4.78 is 19.7. The summed E-state index contributed by atoms with van der Waals surface area (Å²) in [5.41, 5.74) is 2.66. The quantitative estimate of drug-likeness (QED) is 0.325. The Kier molecular flexibility index (Phi) is 6.98. The van der Waals surface area contributed by atoms with Gasteiger partial charge in [0.25, 0.3) is 0 Å². The van der Waals surface area contributed by atoms with Crippen molar-refractivity contribution >= 4 is 29.0 Å². The summed E-state index contributed by atoms with van der Waals surface area (Å²) in [4.78, 5) is 25.4. The summed E-state index contributed by atoms with van der Waals surface area (Å²) in [6, 6.07) is 14.2. The standard InChI is InChI=1S/C25H21ClFN5O2/c1-3-23-28-12-10-21(32-23)18-5-4-11-29-24(18)34-22-9-8-16(13-19(22)26)30-25(33)31-17-7-6-15(2)20(27)14-17/h4-14H,3H2,1-2H3,(H2,30,31,33). The molecule has 2 aromatic heterocycles. The molecule has 2 N–H and O–H groups in total. The van der Waals surface area contributed by atoms with Gasteiger partial charge in [-0.1, -0.05) is 24.6 Å². The highest BCUT2D eigenvalue weighted by molar-refractivity contribution is 6.32. The average molecular weight is 478 g/mol. The molecule has 0 aliphatic heterocycles. The van der Waals surface area contributed by atoms with Gasteiger partial charge < -0.3 is 15.4 Å². The van der Waals surface area contributed by atoms with Gasteiger partial charge in [-0.05, 0) is 61.0 Å². The van der Waals surface area contributed by atoms with E-state index in [2.05, 4.69) is 25.6 Å². The number of urea groups is 1. The van der Waals surface area contributed by atoms with Gasteiger partial charge in [-0.2, -0.15) is 0 Å². The van der Waals surface area contributed by atoms with Crippen LogP contribution in [0.3, 0.4) is 0 Å². The Morgan fingerprint density at radius 1 is 1.03 bits per heavy atom. The Balaban J connectivity index is 1.49. The first-order valence-electron chi connectivity index (χ1n) is 10.5. The number of hydrogen-bond acceptors (Lipinski definition) is 5. The lowest BCUT2D eigenvalue weighted by Gasteiger charge is -2.13. The van der Waals surface area contributed by atoms with Crippen molar-refractivity contribution in [3.8, 4) is 22.9 Å². The number of amides is 2. The molecule has 172 valence electrons. The first kappa shape index (κ1) is 23.1. The predicted molar refractivity (Wildman–Crippen MR) is 130 cm³/mol. The van der Waals surface area contributed by atoms with Gasteiger partial charge in [0.1, 0.15) is 17.4 Å². The van der Waals surface area contributed by atoms with Crippen molar-refractivity contribution in [1.82, 2.24) is 15.0 Å². The molecule has 7 nitrogen and oxygen atoms in total. The maximum Gasteiger partial charge on any atom is 0.323 e. The van der Waals surface area contributed by atoms with Gasteiger partial charge in [0.2, 0.25) is 5.88 Å². The molecule has 4 rings (SSSR count). The zero-order chi connectivity index (χ0) is 24.1. The van der Waals surface area contributed by atoms with E-state index in [0.717, 1.165) is 0 Å². The maximum absolute atomic E-state index is 13.7. The van der Waals surface area contributed by atoms with Crippen molar-refractivity contribution in [1.29, 1.82) is 0 Å². The van der Waals surface area contributed by atoms with Crippen LogP contribution in [0.15, 0.2) is 67.0 Å². The molecular formula is C25H21ClFN5O2. The summed E-state index contributed by atoms with van der Waals surface area (Å²) in [6.45, 7) is 3.63. The number of nitrogens with zero attached hydrogens (tertiary/aromatic N) is 3. The number of carbonyl (C=O) groups excluding carboxylic acids is 1. The number of anilines is 2. The first-order valence-corrected chi connectivity index (χ1v) is 10.9. The molecule has 0 bridgehead atoms. The molecule has 0 fully saturated rings. The maximum atomic E-state index is 13.7. The molecule has 2 heterocycles. The number of halogens is 2. The summed E-state index contributed by atoms with van der Waals surface area (Å²) in [5.74, 6) is 1.01. The number of ether oxygens (including phenoxy) is 1. The Labute approximate surface area is 201 Å². The van der Waals surface area contributed by atoms with Crippen LogP contribution in [0.2, 0.25) is 5.02 Å². The van der Waals surface area contributed by atoms with Crippen molar-refractivity contribution in [2.45, 2.75) is 20.3 Å². The monoisotopic (exact) mass is 477 g/mol. The van der Waals surface area contributed by atoms with E-state index in [1.165, 1.54) is 6.07 Å². The largest absolute Gasteiger partial charge is 0.437 e. The predicted octanol–water partition coefficient (Wildman–Crippen LogP) is 6.64. The first-order chi connectivity index (χ1) is 16.4. The van der Waals surface area contributed by atoms with E-state index in [9.17, 15) is 9.18 Å². The second-order valence-electron chi connectivity index (χ2n) is 7.36. The fourth-order valence-corrected chi connectivity index (χ4v) is 3.34. The molecule has 0 radical (unpaired) electrons. The number of aryl methyl sites for hydroxylation is 2. The van der Waals surface area contributed by atoms with Crippen molar-refractivity contribution in [3.63, 3.8) is 0 Å². The van der Waals surface area contributed by atoms with E-state index in [-0.39, 0.29) is 5.02 Å². The highest BCUT2D eigenvalue weighted by Gasteiger charge is 2.14. The minimum Gasteiger partial charge on any atom is -0.437 e. The van der Waals surface area contributed by atoms with Gasteiger partial charge in [-0.3, -0.25) is 0 Å². The number of benzene rings is 2. The van der Waals surface area contributed by atoms with Crippen molar-refractivity contribution < 1.29 is 13.9 Å². The third-order valence-electron chi connectivity index (χ3n) is 4.89. The van der Waals surface area contributed by atoms with Crippen LogP contribution < -0.4 is 15.4 Å². The molecule has 9 heteroatoms. The second kappa shape index (κ2) is 10.3. The van der Waals surface area contributed by atoms with E-state index >= 15 is 0 Å². The zero-order valence-corrected chi connectivity index (χ0v) is 19.2. The SMILES string of the molecule is CCc1nccc(-c2cccnc2Oc2ccc(NC(=O)Nc3ccc(C)c(F)c3)cc2Cl)n1. The molecule has 0 spiro atoms. The van der Waals surface area contributed by atoms with E-state index < -0.39 is 11.8 Å². The fourth-order valence-electron chi connectivity index (χ4n) is 3.12. The molecule has 4 aromatic rings. The Bertz CT molecular complexity index is 1350. The topological polar surface area (TPSA) is 89.0 Å². The summed E-state index contributed by atoms with van der Waals surface area (Å²) in [5, 5.41) is 5.51. The number of aromatic nitrogens is 3. The van der Waals surface area contributed by atoms with Gasteiger partial charge in [0, 0.05) is 30.2 Å². The minimum atomic E-state index is -0.532. The minimum absolute atomic E-state index is 0.271. The molecule has 0 saturated heterocycles. The number of hydrogen-bond donors (Lipinski definition) is 2. The second-order valence-corrected chi connectivity index (χ2v) is 7.77. The third-order valence-corrected chi connectivity index (χ3v) is 5.19. The highest BCUT2D eigenvalue weighted by atomic mass is 35.5. The van der Waals surface area contributed by atoms with Gasteiger partial charge in [-0.25, -0.2) is 24.1 Å². The van der Waals surface area contributed by atoms with Gasteiger partial charge >= 0.3 is 6.03 Å². The van der Waals surface area contributed by atoms with Crippen LogP contribution in [0.1, 0.15) is 18.3 Å². The fraction of sp³-hybridized carbons (Fsp3) is 0.120. The van der Waals surface area contributed by atoms with E-state index in [0.29, 0.717) is 52.1 Å². The lowest BCUT2D eigenvalue weighted by molar-refractivity contribution is 0.262. The number of pyridine rings is 1. The Morgan fingerprint density at radius 3 is 2.53 bits per heavy atom. The van der Waals surface area contributed by atoms with Crippen molar-refractivity contribution in [2.75, 3.05) is 10.6 Å². The van der Waals surface area contributed by atoms with Crippen LogP contribution in [-0.4, -0.2) is 21.0 Å². The molecule has 0 saturated carbocycles. The molecular weight excluding hydrogens is 457 g/mol. The Morgan fingerprint density at radius 2 is 1.79 bits per heavy atom. The van der Waals surface area contributed by atoms with E-state index in [4.69, 9.17) is 16.3 Å². The lowest BCUT2D eigenvalue weighted by atomic mass is 10.2. The summed E-state index contributed by atoms with van der Waals surface area (Å²) in [7, 11) is 0. The third kappa shape index (κ3) is 5.47. The average Bonchev–Trinajstić information content (AvgIpc) is 2.83. The van der Waals surface area contributed by atoms with Gasteiger partial charge in [-0.15, -0.1) is 0 Å². The van der Waals surface area contributed by atoms with E-state index in [1.54, 1.807) is 61.8 Å². The molecule has 2 aromatic carbocycles.